The van der Waals surface area contributed by atoms with E-state index in [2.05, 4.69) is 41.6 Å². The van der Waals surface area contributed by atoms with Gasteiger partial charge in [-0.15, -0.1) is 0 Å². The molecule has 3 nitrogen and oxygen atoms in total. The second-order valence-electron chi connectivity index (χ2n) is 5.87. The first-order valence-corrected chi connectivity index (χ1v) is 7.67. The summed E-state index contributed by atoms with van der Waals surface area (Å²) in [7, 11) is 0. The van der Waals surface area contributed by atoms with Crippen LogP contribution in [0.1, 0.15) is 28.2 Å². The molecule has 114 valence electrons. The Morgan fingerprint density at radius 3 is 2.39 bits per heavy atom. The normalized spacial score (nSPS) is 10.5. The summed E-state index contributed by atoms with van der Waals surface area (Å²) in [6.45, 7) is 7.09. The lowest BCUT2D eigenvalue weighted by molar-refractivity contribution is 0.746. The molecule has 0 saturated carbocycles. The molecule has 0 N–H and O–H groups in total. The number of benzene rings is 1. The van der Waals surface area contributed by atoms with Gasteiger partial charge in [0, 0.05) is 35.4 Å². The van der Waals surface area contributed by atoms with E-state index >= 15 is 0 Å². The summed E-state index contributed by atoms with van der Waals surface area (Å²) in [5.74, 6) is 0. The van der Waals surface area contributed by atoms with Crippen LogP contribution in [0, 0.1) is 32.1 Å². The summed E-state index contributed by atoms with van der Waals surface area (Å²) in [6, 6.07) is 16.3. The molecule has 0 bridgehead atoms. The van der Waals surface area contributed by atoms with Gasteiger partial charge in [0.25, 0.3) is 0 Å². The van der Waals surface area contributed by atoms with Crippen molar-refractivity contribution in [2.45, 2.75) is 27.3 Å². The number of hydrogen-bond acceptors (Lipinski definition) is 2. The highest BCUT2D eigenvalue weighted by atomic mass is 15.0. The molecule has 0 amide bonds. The van der Waals surface area contributed by atoms with Crippen LogP contribution in [0.25, 0.3) is 11.1 Å². The highest BCUT2D eigenvalue weighted by Gasteiger charge is 2.11. The largest absolute Gasteiger partial charge is 0.344 e. The molecular formula is C20H19N3. The molecule has 3 aromatic rings. The van der Waals surface area contributed by atoms with Crippen molar-refractivity contribution < 1.29 is 0 Å². The van der Waals surface area contributed by atoms with Gasteiger partial charge in [0.1, 0.15) is 0 Å². The first-order valence-electron chi connectivity index (χ1n) is 7.67. The molecule has 3 rings (SSSR count). The lowest BCUT2D eigenvalue weighted by Crippen LogP contribution is -2.04. The SMILES string of the molecule is Cc1ccc(Cn2c(C)cc(-c3ccc(C#N)cc3)c2C)cn1. The molecule has 23 heavy (non-hydrogen) atoms. The minimum absolute atomic E-state index is 0.688. The molecule has 0 radical (unpaired) electrons. The van der Waals surface area contributed by atoms with Crippen LogP contribution in [0.15, 0.2) is 48.7 Å². The molecule has 1 aromatic carbocycles. The molecule has 0 atom stereocenters. The van der Waals surface area contributed by atoms with E-state index in [-0.39, 0.29) is 0 Å². The van der Waals surface area contributed by atoms with E-state index in [4.69, 9.17) is 5.26 Å². The van der Waals surface area contributed by atoms with E-state index in [0.29, 0.717) is 5.56 Å². The Balaban J connectivity index is 1.95. The van der Waals surface area contributed by atoms with E-state index < -0.39 is 0 Å². The van der Waals surface area contributed by atoms with Gasteiger partial charge in [0.2, 0.25) is 0 Å². The Morgan fingerprint density at radius 2 is 1.78 bits per heavy atom. The van der Waals surface area contributed by atoms with E-state index in [1.54, 1.807) is 0 Å². The van der Waals surface area contributed by atoms with Crippen molar-refractivity contribution in [2.75, 3.05) is 0 Å². The van der Waals surface area contributed by atoms with Crippen LogP contribution < -0.4 is 0 Å². The molecule has 0 aliphatic carbocycles. The Kier molecular flexibility index (Phi) is 3.99. The summed E-state index contributed by atoms with van der Waals surface area (Å²) < 4.78 is 2.31. The van der Waals surface area contributed by atoms with Crippen LogP contribution in [-0.4, -0.2) is 9.55 Å². The molecular weight excluding hydrogens is 282 g/mol. The fraction of sp³-hybridized carbons (Fsp3) is 0.200. The zero-order chi connectivity index (χ0) is 16.4. The van der Waals surface area contributed by atoms with Gasteiger partial charge in [-0.25, -0.2) is 0 Å². The van der Waals surface area contributed by atoms with Gasteiger partial charge in [0.15, 0.2) is 0 Å². The van der Waals surface area contributed by atoms with E-state index in [9.17, 15) is 0 Å². The van der Waals surface area contributed by atoms with Gasteiger partial charge >= 0.3 is 0 Å². The van der Waals surface area contributed by atoms with Crippen molar-refractivity contribution in [3.63, 3.8) is 0 Å². The third-order valence-electron chi connectivity index (χ3n) is 4.21. The minimum Gasteiger partial charge on any atom is -0.344 e. The first-order chi connectivity index (χ1) is 11.1. The fourth-order valence-electron chi connectivity index (χ4n) is 2.84. The van der Waals surface area contributed by atoms with E-state index in [0.717, 1.165) is 17.8 Å². The predicted molar refractivity (Wildman–Crippen MR) is 92.1 cm³/mol. The Hall–Kier alpha value is -2.86. The number of pyridine rings is 1. The molecule has 0 unspecified atom stereocenters. The summed E-state index contributed by atoms with van der Waals surface area (Å²) in [5.41, 5.74) is 7.73. The Labute approximate surface area is 136 Å². The number of hydrogen-bond donors (Lipinski definition) is 0. The second kappa shape index (κ2) is 6.10. The zero-order valence-corrected chi connectivity index (χ0v) is 13.7. The molecule has 2 heterocycles. The maximum atomic E-state index is 8.93. The van der Waals surface area contributed by atoms with Gasteiger partial charge in [-0.05, 0) is 56.2 Å². The van der Waals surface area contributed by atoms with E-state index in [1.807, 2.05) is 43.5 Å². The van der Waals surface area contributed by atoms with Crippen LogP contribution >= 0.6 is 0 Å². The van der Waals surface area contributed by atoms with Crippen molar-refractivity contribution in [1.82, 2.24) is 9.55 Å². The van der Waals surface area contributed by atoms with Gasteiger partial charge in [-0.3, -0.25) is 4.98 Å². The Bertz CT molecular complexity index is 863. The smallest absolute Gasteiger partial charge is 0.0991 e. The van der Waals surface area contributed by atoms with Crippen molar-refractivity contribution in [2.24, 2.45) is 0 Å². The maximum Gasteiger partial charge on any atom is 0.0991 e. The number of rotatable bonds is 3. The number of aryl methyl sites for hydroxylation is 2. The van der Waals surface area contributed by atoms with E-state index in [1.165, 1.54) is 22.5 Å². The van der Waals surface area contributed by atoms with Gasteiger partial charge in [0.05, 0.1) is 11.6 Å². The summed E-state index contributed by atoms with van der Waals surface area (Å²) >= 11 is 0. The standard InChI is InChI=1S/C20H19N3/c1-14-4-5-18(12-22-14)13-23-15(2)10-20(16(23)3)19-8-6-17(11-21)7-9-19/h4-10,12H,13H2,1-3H3. The average molecular weight is 301 g/mol. The van der Waals surface area contributed by atoms with Crippen LogP contribution in [0.5, 0.6) is 0 Å². The fourth-order valence-corrected chi connectivity index (χ4v) is 2.84. The van der Waals surface area contributed by atoms with Crippen molar-refractivity contribution in [1.29, 1.82) is 5.26 Å². The first kappa shape index (κ1) is 15.1. The summed E-state index contributed by atoms with van der Waals surface area (Å²) in [5, 5.41) is 8.93. The third kappa shape index (κ3) is 3.02. The molecule has 0 fully saturated rings. The average Bonchev–Trinajstić information content (AvgIpc) is 2.85. The van der Waals surface area contributed by atoms with Crippen LogP contribution in [-0.2, 0) is 6.54 Å². The summed E-state index contributed by atoms with van der Waals surface area (Å²) in [6.07, 6.45) is 1.94. The molecule has 0 aliphatic heterocycles. The topological polar surface area (TPSA) is 41.6 Å². The number of aromatic nitrogens is 2. The van der Waals surface area contributed by atoms with Gasteiger partial charge < -0.3 is 4.57 Å². The molecule has 0 spiro atoms. The minimum atomic E-state index is 0.688. The number of nitriles is 1. The molecule has 0 aliphatic rings. The van der Waals surface area contributed by atoms with Crippen molar-refractivity contribution >= 4 is 0 Å². The van der Waals surface area contributed by atoms with Crippen molar-refractivity contribution in [3.05, 3.63) is 76.9 Å². The molecule has 3 heteroatoms. The highest BCUT2D eigenvalue weighted by molar-refractivity contribution is 5.68. The van der Waals surface area contributed by atoms with Crippen LogP contribution in [0.3, 0.4) is 0 Å². The lowest BCUT2D eigenvalue weighted by atomic mass is 10.0. The molecule has 0 saturated heterocycles. The second-order valence-corrected chi connectivity index (χ2v) is 5.87. The quantitative estimate of drug-likeness (QED) is 0.719. The van der Waals surface area contributed by atoms with Gasteiger partial charge in [-0.2, -0.15) is 5.26 Å². The predicted octanol–water partition coefficient (Wildman–Crippen LogP) is 4.40. The number of nitrogens with zero attached hydrogens (tertiary/aromatic N) is 3. The zero-order valence-electron chi connectivity index (χ0n) is 13.7. The highest BCUT2D eigenvalue weighted by Crippen LogP contribution is 2.27. The van der Waals surface area contributed by atoms with Crippen molar-refractivity contribution in [3.8, 4) is 17.2 Å². The molecule has 2 aromatic heterocycles. The van der Waals surface area contributed by atoms with Crippen LogP contribution in [0.4, 0.5) is 0 Å². The Morgan fingerprint density at radius 1 is 1.04 bits per heavy atom. The van der Waals surface area contributed by atoms with Crippen LogP contribution in [0.2, 0.25) is 0 Å². The van der Waals surface area contributed by atoms with Gasteiger partial charge in [-0.1, -0.05) is 18.2 Å². The third-order valence-corrected chi connectivity index (χ3v) is 4.21. The lowest BCUT2D eigenvalue weighted by Gasteiger charge is -2.10. The maximum absolute atomic E-state index is 8.93. The summed E-state index contributed by atoms with van der Waals surface area (Å²) in [4.78, 5) is 4.37. The monoisotopic (exact) mass is 301 g/mol.